The van der Waals surface area contributed by atoms with Crippen LogP contribution < -0.4 is 20.7 Å². The molecule has 1 saturated heterocycles. The molecule has 0 atom stereocenters. The fraction of sp³-hybridized carbons (Fsp3) is 0.259. The monoisotopic (exact) mass is 537 g/mol. The summed E-state index contributed by atoms with van der Waals surface area (Å²) in [5, 5.41) is 2.69. The van der Waals surface area contributed by atoms with Crippen LogP contribution in [0.4, 0.5) is 30.8 Å². The van der Waals surface area contributed by atoms with E-state index in [0.717, 1.165) is 23.1 Å². The lowest BCUT2D eigenvalue weighted by Gasteiger charge is -2.27. The number of nitrogens with two attached hydrogens (primary N) is 1. The van der Waals surface area contributed by atoms with Crippen molar-refractivity contribution in [2.45, 2.75) is 12.8 Å². The number of morpholine rings is 1. The maximum Gasteiger partial charge on any atom is 0.323 e. The van der Waals surface area contributed by atoms with Gasteiger partial charge in [-0.2, -0.15) is 0 Å². The summed E-state index contributed by atoms with van der Waals surface area (Å²) in [5.41, 5.74) is 4.07. The molecule has 2 fully saturated rings. The van der Waals surface area contributed by atoms with E-state index in [9.17, 15) is 18.8 Å². The van der Waals surface area contributed by atoms with Gasteiger partial charge in [0, 0.05) is 37.1 Å². The van der Waals surface area contributed by atoms with Crippen molar-refractivity contribution in [1.29, 1.82) is 0 Å². The number of nitrogens with zero attached hydrogens (tertiary/aromatic N) is 3. The van der Waals surface area contributed by atoms with Crippen molar-refractivity contribution in [2.75, 3.05) is 36.5 Å². The first-order valence-corrected chi connectivity index (χ1v) is 12.2. The minimum Gasteiger partial charge on any atom is -0.457 e. The van der Waals surface area contributed by atoms with E-state index in [0.29, 0.717) is 26.3 Å². The normalized spacial score (nSPS) is 15.8. The van der Waals surface area contributed by atoms with Gasteiger partial charge in [0.1, 0.15) is 28.5 Å². The molecule has 2 aliphatic rings. The molecule has 3 aromatic rings. The van der Waals surface area contributed by atoms with Crippen LogP contribution in [0.15, 0.2) is 60.8 Å². The number of hydrogen-bond donors (Lipinski definition) is 2. The van der Waals surface area contributed by atoms with Gasteiger partial charge < -0.3 is 20.1 Å². The number of aromatic nitrogens is 1. The molecule has 1 aromatic heterocycles. The molecule has 2 aromatic carbocycles. The van der Waals surface area contributed by atoms with Crippen molar-refractivity contribution in [3.8, 4) is 11.5 Å². The molecule has 0 unspecified atom stereocenters. The highest BCUT2D eigenvalue weighted by Gasteiger charge is 2.57. The summed E-state index contributed by atoms with van der Waals surface area (Å²) in [7, 11) is 0. The van der Waals surface area contributed by atoms with Crippen molar-refractivity contribution in [3.63, 3.8) is 0 Å². The zero-order chi connectivity index (χ0) is 27.6. The summed E-state index contributed by atoms with van der Waals surface area (Å²) in [6.45, 7) is 1.84. The lowest BCUT2D eigenvalue weighted by atomic mass is 10.0. The van der Waals surface area contributed by atoms with Crippen molar-refractivity contribution >= 4 is 35.0 Å². The predicted molar refractivity (Wildman–Crippen MR) is 137 cm³/mol. The second-order valence-electron chi connectivity index (χ2n) is 9.18. The smallest absolute Gasteiger partial charge is 0.323 e. The molecule has 10 nitrogen and oxygen atoms in total. The Kier molecular flexibility index (Phi) is 7.11. The average molecular weight is 538 g/mol. The number of primary amides is 1. The quantitative estimate of drug-likeness (QED) is 0.440. The van der Waals surface area contributed by atoms with E-state index >= 15 is 4.39 Å². The molecule has 0 spiro atoms. The molecule has 12 heteroatoms. The highest BCUT2D eigenvalue weighted by molar-refractivity contribution is 6.16. The molecule has 2 heterocycles. The summed E-state index contributed by atoms with van der Waals surface area (Å²) in [6.07, 6.45) is 1.92. The summed E-state index contributed by atoms with van der Waals surface area (Å²) < 4.78 is 40.0. The number of urea groups is 1. The third kappa shape index (κ3) is 5.50. The first kappa shape index (κ1) is 26.0. The summed E-state index contributed by atoms with van der Waals surface area (Å²) >= 11 is 0. The first-order valence-electron chi connectivity index (χ1n) is 12.2. The number of amides is 4. The van der Waals surface area contributed by atoms with Crippen LogP contribution in [0.25, 0.3) is 0 Å². The minimum atomic E-state index is -1.44. The van der Waals surface area contributed by atoms with Crippen LogP contribution in [0.1, 0.15) is 12.8 Å². The van der Waals surface area contributed by atoms with E-state index in [-0.39, 0.29) is 47.6 Å². The molecule has 5 rings (SSSR count). The number of pyridine rings is 1. The Morgan fingerprint density at radius 2 is 1.69 bits per heavy atom. The van der Waals surface area contributed by atoms with Crippen molar-refractivity contribution < 1.29 is 32.6 Å². The SMILES string of the molecule is NC(=O)C1(C(=O)N(c2ccc(F)cc2)c2ccc(Oc3ccnc(NC(=O)N4CCOCC4)c3)cc2F)CC1. The second kappa shape index (κ2) is 10.7. The van der Waals surface area contributed by atoms with Crippen LogP contribution in [-0.4, -0.2) is 54.0 Å². The third-order valence-corrected chi connectivity index (χ3v) is 6.58. The van der Waals surface area contributed by atoms with Gasteiger partial charge in [0.25, 0.3) is 0 Å². The number of benzene rings is 2. The van der Waals surface area contributed by atoms with E-state index in [1.165, 1.54) is 42.6 Å². The second-order valence-corrected chi connectivity index (χ2v) is 9.18. The number of carbonyl (C=O) groups excluding carboxylic acids is 3. The van der Waals surface area contributed by atoms with E-state index in [1.807, 2.05) is 0 Å². The van der Waals surface area contributed by atoms with Crippen molar-refractivity contribution in [1.82, 2.24) is 9.88 Å². The highest BCUT2D eigenvalue weighted by atomic mass is 19.1. The van der Waals surface area contributed by atoms with E-state index in [1.54, 1.807) is 4.90 Å². The van der Waals surface area contributed by atoms with Gasteiger partial charge in [0.05, 0.1) is 18.9 Å². The zero-order valence-corrected chi connectivity index (χ0v) is 20.7. The lowest BCUT2D eigenvalue weighted by molar-refractivity contribution is -0.133. The Morgan fingerprint density at radius 3 is 2.33 bits per heavy atom. The molecule has 0 radical (unpaired) electrons. The van der Waals surface area contributed by atoms with Crippen LogP contribution in [-0.2, 0) is 14.3 Å². The average Bonchev–Trinajstić information content (AvgIpc) is 3.74. The fourth-order valence-electron chi connectivity index (χ4n) is 4.23. The van der Waals surface area contributed by atoms with E-state index < -0.39 is 28.9 Å². The summed E-state index contributed by atoms with van der Waals surface area (Å²) in [4.78, 5) is 44.6. The Labute approximate surface area is 222 Å². The van der Waals surface area contributed by atoms with Crippen LogP contribution in [0, 0.1) is 17.0 Å². The maximum atomic E-state index is 15.4. The highest BCUT2D eigenvalue weighted by Crippen LogP contribution is 2.49. The van der Waals surface area contributed by atoms with Gasteiger partial charge in [-0.25, -0.2) is 18.6 Å². The summed E-state index contributed by atoms with van der Waals surface area (Å²) in [5.74, 6) is -2.21. The van der Waals surface area contributed by atoms with E-state index in [4.69, 9.17) is 15.2 Å². The van der Waals surface area contributed by atoms with Crippen LogP contribution in [0.3, 0.4) is 0 Å². The van der Waals surface area contributed by atoms with E-state index in [2.05, 4.69) is 10.3 Å². The van der Waals surface area contributed by atoms with Gasteiger partial charge in [-0.15, -0.1) is 0 Å². The fourth-order valence-corrected chi connectivity index (χ4v) is 4.23. The predicted octanol–water partition coefficient (Wildman–Crippen LogP) is 3.95. The standard InChI is InChI=1S/C27H25F2N5O5/c28-17-1-3-18(4-2-17)34(25(36)27(8-9-27)24(30)35)22-6-5-19(15-21(22)29)39-20-7-10-31-23(16-20)32-26(37)33-11-13-38-14-12-33/h1-7,10,15-16H,8-9,11-14H2,(H2,30,35)(H,31,32,37). The molecule has 0 bridgehead atoms. The third-order valence-electron chi connectivity index (χ3n) is 6.58. The van der Waals surface area contributed by atoms with Gasteiger partial charge in [0.2, 0.25) is 11.8 Å². The van der Waals surface area contributed by atoms with Crippen molar-refractivity contribution in [2.24, 2.45) is 11.1 Å². The number of carbonyl (C=O) groups is 3. The van der Waals surface area contributed by atoms with Gasteiger partial charge in [-0.3, -0.25) is 19.8 Å². The molecule has 1 aliphatic carbocycles. The van der Waals surface area contributed by atoms with Gasteiger partial charge in [0.15, 0.2) is 5.82 Å². The molecule has 3 N–H and O–H groups in total. The van der Waals surface area contributed by atoms with Crippen LogP contribution >= 0.6 is 0 Å². The van der Waals surface area contributed by atoms with Gasteiger partial charge >= 0.3 is 6.03 Å². The largest absolute Gasteiger partial charge is 0.457 e. The Bertz CT molecular complexity index is 1410. The molecule has 1 aliphatic heterocycles. The van der Waals surface area contributed by atoms with Crippen LogP contribution in [0.2, 0.25) is 0 Å². The van der Waals surface area contributed by atoms with Gasteiger partial charge in [-0.1, -0.05) is 0 Å². The lowest BCUT2D eigenvalue weighted by Crippen LogP contribution is -2.43. The van der Waals surface area contributed by atoms with Crippen molar-refractivity contribution in [3.05, 3.63) is 72.4 Å². The molecule has 202 valence electrons. The Balaban J connectivity index is 1.37. The van der Waals surface area contributed by atoms with Crippen LogP contribution in [0.5, 0.6) is 11.5 Å². The number of anilines is 3. The maximum absolute atomic E-state index is 15.4. The molecule has 39 heavy (non-hydrogen) atoms. The Hall–Kier alpha value is -4.58. The first-order chi connectivity index (χ1) is 18.8. The minimum absolute atomic E-state index is 0.107. The number of rotatable bonds is 7. The molecular weight excluding hydrogens is 512 g/mol. The summed E-state index contributed by atoms with van der Waals surface area (Å²) in [6, 6.07) is 11.4. The number of nitrogens with one attached hydrogen (secondary N) is 1. The molecular formula is C27H25F2N5O5. The zero-order valence-electron chi connectivity index (χ0n) is 20.7. The number of halogens is 2. The number of hydrogen-bond acceptors (Lipinski definition) is 6. The molecule has 1 saturated carbocycles. The topological polar surface area (TPSA) is 127 Å². The molecule has 4 amide bonds. The number of ether oxygens (including phenoxy) is 2. The van der Waals surface area contributed by atoms with Gasteiger partial charge in [-0.05, 0) is 55.3 Å². The Morgan fingerprint density at radius 1 is 1.00 bits per heavy atom.